The summed E-state index contributed by atoms with van der Waals surface area (Å²) >= 11 is 0. The number of nitrogens with zero attached hydrogens (tertiary/aromatic N) is 1. The van der Waals surface area contributed by atoms with E-state index in [0.717, 1.165) is 31.4 Å². The van der Waals surface area contributed by atoms with Crippen LogP contribution in [0.15, 0.2) is 18.2 Å². The Balaban J connectivity index is 0.00000242. The number of amides is 2. The van der Waals surface area contributed by atoms with Gasteiger partial charge in [0.2, 0.25) is 5.91 Å². The number of hydrogen-bond donors (Lipinski definition) is 2. The Hall–Kier alpha value is -1.75. The molecular formula is C16H24ClN3O2. The standard InChI is InChI=1S/C16H23N3O2.ClH/c1-11-4-6-13(17)9-14(11)16(21)19-8-2-3-12(10-19)5-7-15(18)20;/h4,6,9,12H,2-3,5,7-8,10,17H2,1H3,(H2,18,20);1H. The van der Waals surface area contributed by atoms with Gasteiger partial charge in [-0.05, 0) is 49.8 Å². The van der Waals surface area contributed by atoms with Gasteiger partial charge in [0.15, 0.2) is 0 Å². The molecule has 1 atom stereocenters. The van der Waals surface area contributed by atoms with Crippen molar-refractivity contribution in [2.24, 2.45) is 11.7 Å². The average molecular weight is 326 g/mol. The van der Waals surface area contributed by atoms with Gasteiger partial charge in [-0.3, -0.25) is 9.59 Å². The molecule has 0 aliphatic carbocycles. The number of carbonyl (C=O) groups excluding carboxylic acids is 2. The third-order valence-electron chi connectivity index (χ3n) is 4.10. The van der Waals surface area contributed by atoms with Gasteiger partial charge in [-0.2, -0.15) is 0 Å². The quantitative estimate of drug-likeness (QED) is 0.831. The number of anilines is 1. The fourth-order valence-electron chi connectivity index (χ4n) is 2.87. The second kappa shape index (κ2) is 8.03. The molecule has 5 nitrogen and oxygen atoms in total. The Morgan fingerprint density at radius 1 is 1.36 bits per heavy atom. The molecule has 122 valence electrons. The summed E-state index contributed by atoms with van der Waals surface area (Å²) in [6.45, 7) is 3.38. The largest absolute Gasteiger partial charge is 0.399 e. The molecule has 0 radical (unpaired) electrons. The van der Waals surface area contributed by atoms with Crippen LogP contribution in [0.1, 0.15) is 41.6 Å². The number of likely N-dealkylation sites (tertiary alicyclic amines) is 1. The van der Waals surface area contributed by atoms with Crippen LogP contribution in [0.4, 0.5) is 5.69 Å². The summed E-state index contributed by atoms with van der Waals surface area (Å²) in [7, 11) is 0. The van der Waals surface area contributed by atoms with Crippen molar-refractivity contribution in [3.63, 3.8) is 0 Å². The maximum Gasteiger partial charge on any atom is 0.254 e. The van der Waals surface area contributed by atoms with Gasteiger partial charge < -0.3 is 16.4 Å². The molecule has 4 N–H and O–H groups in total. The van der Waals surface area contributed by atoms with Gasteiger partial charge in [0.1, 0.15) is 0 Å². The maximum absolute atomic E-state index is 12.6. The van der Waals surface area contributed by atoms with Crippen LogP contribution in [-0.2, 0) is 4.79 Å². The molecular weight excluding hydrogens is 302 g/mol. The van der Waals surface area contributed by atoms with Crippen LogP contribution in [0.25, 0.3) is 0 Å². The second-order valence-electron chi connectivity index (χ2n) is 5.84. The number of piperidine rings is 1. The minimum absolute atomic E-state index is 0. The molecule has 1 heterocycles. The summed E-state index contributed by atoms with van der Waals surface area (Å²) < 4.78 is 0. The molecule has 2 rings (SSSR count). The number of carbonyl (C=O) groups is 2. The lowest BCUT2D eigenvalue weighted by molar-refractivity contribution is -0.118. The molecule has 1 aliphatic rings. The fraction of sp³-hybridized carbons (Fsp3) is 0.500. The highest BCUT2D eigenvalue weighted by Crippen LogP contribution is 2.23. The Bertz CT molecular complexity index is 548. The number of primary amides is 1. The number of nitrogen functional groups attached to an aromatic ring is 1. The first-order valence-electron chi connectivity index (χ1n) is 7.41. The van der Waals surface area contributed by atoms with Gasteiger partial charge in [0.05, 0.1) is 0 Å². The molecule has 1 aromatic carbocycles. The van der Waals surface area contributed by atoms with E-state index >= 15 is 0 Å². The van der Waals surface area contributed by atoms with Crippen molar-refractivity contribution >= 4 is 29.9 Å². The summed E-state index contributed by atoms with van der Waals surface area (Å²) in [5, 5.41) is 0. The van der Waals surface area contributed by atoms with Crippen LogP contribution < -0.4 is 11.5 Å². The Kier molecular flexibility index (Phi) is 6.68. The Morgan fingerprint density at radius 3 is 2.77 bits per heavy atom. The number of hydrogen-bond acceptors (Lipinski definition) is 3. The molecule has 22 heavy (non-hydrogen) atoms. The third kappa shape index (κ3) is 4.63. The van der Waals surface area contributed by atoms with Crippen LogP contribution in [-0.4, -0.2) is 29.8 Å². The maximum atomic E-state index is 12.6. The normalized spacial score (nSPS) is 17.7. The number of aryl methyl sites for hydroxylation is 1. The molecule has 1 unspecified atom stereocenters. The van der Waals surface area contributed by atoms with Gasteiger partial charge >= 0.3 is 0 Å². The van der Waals surface area contributed by atoms with Gasteiger partial charge in [-0.25, -0.2) is 0 Å². The molecule has 0 bridgehead atoms. The lowest BCUT2D eigenvalue weighted by atomic mass is 9.92. The fourth-order valence-corrected chi connectivity index (χ4v) is 2.87. The average Bonchev–Trinajstić information content (AvgIpc) is 2.47. The lowest BCUT2D eigenvalue weighted by Gasteiger charge is -2.33. The van der Waals surface area contributed by atoms with E-state index < -0.39 is 0 Å². The van der Waals surface area contributed by atoms with E-state index in [9.17, 15) is 9.59 Å². The van der Waals surface area contributed by atoms with Crippen LogP contribution in [0, 0.1) is 12.8 Å². The van der Waals surface area contributed by atoms with E-state index in [-0.39, 0.29) is 24.2 Å². The van der Waals surface area contributed by atoms with Crippen molar-refractivity contribution in [3.8, 4) is 0 Å². The van der Waals surface area contributed by atoms with Crippen LogP contribution in [0.3, 0.4) is 0 Å². The highest BCUT2D eigenvalue weighted by atomic mass is 35.5. The third-order valence-corrected chi connectivity index (χ3v) is 4.10. The van der Waals surface area contributed by atoms with Crippen LogP contribution in [0.5, 0.6) is 0 Å². The van der Waals surface area contributed by atoms with Gasteiger partial charge in [0, 0.05) is 30.8 Å². The Morgan fingerprint density at radius 2 is 2.09 bits per heavy atom. The number of rotatable bonds is 4. The number of halogens is 1. The molecule has 1 fully saturated rings. The molecule has 0 saturated carbocycles. The van der Waals surface area contributed by atoms with Gasteiger partial charge in [-0.15, -0.1) is 12.4 Å². The lowest BCUT2D eigenvalue weighted by Crippen LogP contribution is -2.40. The van der Waals surface area contributed by atoms with Crippen molar-refractivity contribution in [2.45, 2.75) is 32.6 Å². The van der Waals surface area contributed by atoms with E-state index in [2.05, 4.69) is 0 Å². The van der Waals surface area contributed by atoms with E-state index in [1.165, 1.54) is 0 Å². The van der Waals surface area contributed by atoms with E-state index in [1.54, 1.807) is 12.1 Å². The SMILES string of the molecule is Cc1ccc(N)cc1C(=O)N1CCCC(CCC(N)=O)C1.Cl. The van der Waals surface area contributed by atoms with Crippen LogP contribution in [0.2, 0.25) is 0 Å². The Labute approximate surface area is 137 Å². The van der Waals surface area contributed by atoms with Crippen molar-refractivity contribution in [3.05, 3.63) is 29.3 Å². The minimum Gasteiger partial charge on any atom is -0.399 e. The zero-order valence-corrected chi connectivity index (χ0v) is 13.7. The summed E-state index contributed by atoms with van der Waals surface area (Å²) in [4.78, 5) is 25.4. The molecule has 1 aliphatic heterocycles. The molecule has 0 spiro atoms. The van der Waals surface area contributed by atoms with Crippen molar-refractivity contribution in [1.29, 1.82) is 0 Å². The summed E-state index contributed by atoms with van der Waals surface area (Å²) in [6.07, 6.45) is 3.17. The topological polar surface area (TPSA) is 89.4 Å². The minimum atomic E-state index is -0.273. The molecule has 2 amide bonds. The zero-order chi connectivity index (χ0) is 15.4. The summed E-state index contributed by atoms with van der Waals surface area (Å²) in [6, 6.07) is 5.42. The highest BCUT2D eigenvalue weighted by molar-refractivity contribution is 5.96. The molecule has 1 aromatic rings. The second-order valence-corrected chi connectivity index (χ2v) is 5.84. The van der Waals surface area contributed by atoms with E-state index in [0.29, 0.717) is 30.1 Å². The predicted octanol–water partition coefficient (Wildman–Crippen LogP) is 2.12. The van der Waals surface area contributed by atoms with Crippen molar-refractivity contribution in [2.75, 3.05) is 18.8 Å². The monoisotopic (exact) mass is 325 g/mol. The van der Waals surface area contributed by atoms with Crippen molar-refractivity contribution in [1.82, 2.24) is 4.90 Å². The number of nitrogens with two attached hydrogens (primary N) is 2. The first kappa shape index (κ1) is 18.3. The van der Waals surface area contributed by atoms with Crippen LogP contribution >= 0.6 is 12.4 Å². The number of benzene rings is 1. The van der Waals surface area contributed by atoms with Crippen molar-refractivity contribution < 1.29 is 9.59 Å². The smallest absolute Gasteiger partial charge is 0.254 e. The van der Waals surface area contributed by atoms with Gasteiger partial charge in [-0.1, -0.05) is 6.07 Å². The highest BCUT2D eigenvalue weighted by Gasteiger charge is 2.25. The van der Waals surface area contributed by atoms with Gasteiger partial charge in [0.25, 0.3) is 5.91 Å². The summed E-state index contributed by atoms with van der Waals surface area (Å²) in [5.74, 6) is 0.116. The molecule has 0 aromatic heterocycles. The zero-order valence-electron chi connectivity index (χ0n) is 12.9. The molecule has 1 saturated heterocycles. The first-order chi connectivity index (χ1) is 9.97. The van der Waals surface area contributed by atoms with E-state index in [4.69, 9.17) is 11.5 Å². The first-order valence-corrected chi connectivity index (χ1v) is 7.41. The molecule has 6 heteroatoms. The van der Waals surface area contributed by atoms with E-state index in [1.807, 2.05) is 17.9 Å². The predicted molar refractivity (Wildman–Crippen MR) is 89.9 cm³/mol. The summed E-state index contributed by atoms with van der Waals surface area (Å²) in [5.41, 5.74) is 13.2.